The van der Waals surface area contributed by atoms with Crippen LogP contribution >= 0.6 is 15.9 Å². The van der Waals surface area contributed by atoms with Crippen LogP contribution < -0.4 is 4.74 Å². The average Bonchev–Trinajstić information content (AvgIpc) is 2.62. The maximum Gasteiger partial charge on any atom is 0.337 e. The van der Waals surface area contributed by atoms with Gasteiger partial charge in [0.2, 0.25) is 0 Å². The van der Waals surface area contributed by atoms with Gasteiger partial charge in [0.25, 0.3) is 0 Å². The van der Waals surface area contributed by atoms with Gasteiger partial charge in [-0.05, 0) is 86.6 Å². The predicted octanol–water partition coefficient (Wildman–Crippen LogP) is 5.53. The largest absolute Gasteiger partial charge is 0.490 e. The SMILES string of the molecule is Cc1nc(C)c([C@H](OC(C)(C)C)C(=O)O)c(-c2cc(F)c3c(c2)CCCO3)c1Br. The molecule has 29 heavy (non-hydrogen) atoms. The molecule has 0 radical (unpaired) electrons. The summed E-state index contributed by atoms with van der Waals surface area (Å²) in [6.07, 6.45) is 0.268. The number of aryl methyl sites for hydroxylation is 3. The minimum Gasteiger partial charge on any atom is -0.490 e. The molecule has 1 aromatic carbocycles. The first-order valence-electron chi connectivity index (χ1n) is 9.52. The predicted molar refractivity (Wildman–Crippen MR) is 112 cm³/mol. The van der Waals surface area contributed by atoms with E-state index in [1.54, 1.807) is 27.7 Å². The summed E-state index contributed by atoms with van der Waals surface area (Å²) in [5.41, 5.74) is 2.88. The summed E-state index contributed by atoms with van der Waals surface area (Å²) < 4.78 is 26.8. The Morgan fingerprint density at radius 1 is 1.31 bits per heavy atom. The van der Waals surface area contributed by atoms with Gasteiger partial charge in [0.15, 0.2) is 17.7 Å². The number of hydrogen-bond donors (Lipinski definition) is 1. The molecule has 0 saturated heterocycles. The molecule has 5 nitrogen and oxygen atoms in total. The van der Waals surface area contributed by atoms with Crippen molar-refractivity contribution in [1.82, 2.24) is 4.98 Å². The topological polar surface area (TPSA) is 68.7 Å². The number of aromatic nitrogens is 1. The van der Waals surface area contributed by atoms with Gasteiger partial charge >= 0.3 is 5.97 Å². The Labute approximate surface area is 178 Å². The number of pyridine rings is 1. The third kappa shape index (κ3) is 4.46. The highest BCUT2D eigenvalue weighted by molar-refractivity contribution is 9.10. The number of rotatable bonds is 4. The second-order valence-electron chi connectivity index (χ2n) is 8.23. The third-order valence-corrected chi connectivity index (χ3v) is 5.71. The van der Waals surface area contributed by atoms with E-state index in [1.165, 1.54) is 6.07 Å². The lowest BCUT2D eigenvalue weighted by molar-refractivity contribution is -0.160. The molecule has 1 aromatic heterocycles. The molecule has 7 heteroatoms. The number of hydrogen-bond acceptors (Lipinski definition) is 4. The molecule has 0 amide bonds. The van der Waals surface area contributed by atoms with E-state index in [0.29, 0.717) is 45.6 Å². The quantitative estimate of drug-likeness (QED) is 0.642. The Morgan fingerprint density at radius 3 is 2.62 bits per heavy atom. The molecule has 2 heterocycles. The molecule has 1 atom stereocenters. The fourth-order valence-corrected chi connectivity index (χ4v) is 4.14. The number of carboxylic acid groups (broad SMARTS) is 1. The number of carboxylic acids is 1. The van der Waals surface area contributed by atoms with Crippen LogP contribution in [0.3, 0.4) is 0 Å². The van der Waals surface area contributed by atoms with Crippen molar-refractivity contribution in [2.75, 3.05) is 6.61 Å². The molecule has 156 valence electrons. The minimum absolute atomic E-state index is 0.279. The second kappa shape index (κ2) is 8.03. The normalized spacial score (nSPS) is 14.9. The van der Waals surface area contributed by atoms with Gasteiger partial charge in [0.05, 0.1) is 17.9 Å². The molecular formula is C22H25BrFNO4. The lowest BCUT2D eigenvalue weighted by Gasteiger charge is -2.28. The summed E-state index contributed by atoms with van der Waals surface area (Å²) in [5.74, 6) is -1.30. The summed E-state index contributed by atoms with van der Waals surface area (Å²) in [6, 6.07) is 3.26. The number of halogens is 2. The molecule has 2 aromatic rings. The molecule has 3 rings (SSSR count). The standard InChI is InChI=1S/C22H25BrFNO4/c1-11-16(20(21(26)27)29-22(3,4)5)17(18(23)12(2)25-11)14-9-13-7-6-8-28-19(13)15(24)10-14/h9-10,20H,6-8H2,1-5H3,(H,26,27)/t20-/m0/s1. The lowest BCUT2D eigenvalue weighted by Crippen LogP contribution is -2.28. The molecule has 0 aliphatic carbocycles. The number of aliphatic carboxylic acids is 1. The fraction of sp³-hybridized carbons (Fsp3) is 0.455. The highest BCUT2D eigenvalue weighted by atomic mass is 79.9. The van der Waals surface area contributed by atoms with E-state index >= 15 is 0 Å². The smallest absolute Gasteiger partial charge is 0.337 e. The molecular weight excluding hydrogens is 441 g/mol. The van der Waals surface area contributed by atoms with Crippen molar-refractivity contribution in [3.8, 4) is 16.9 Å². The van der Waals surface area contributed by atoms with Gasteiger partial charge < -0.3 is 14.6 Å². The monoisotopic (exact) mass is 465 g/mol. The zero-order valence-corrected chi connectivity index (χ0v) is 18.8. The van der Waals surface area contributed by atoms with Crippen LogP contribution in [0.2, 0.25) is 0 Å². The zero-order chi connectivity index (χ0) is 21.5. The van der Waals surface area contributed by atoms with Crippen molar-refractivity contribution >= 4 is 21.9 Å². The maximum atomic E-state index is 14.8. The first-order valence-corrected chi connectivity index (χ1v) is 10.3. The van der Waals surface area contributed by atoms with Crippen molar-refractivity contribution in [2.45, 2.75) is 59.2 Å². The Hall–Kier alpha value is -1.99. The summed E-state index contributed by atoms with van der Waals surface area (Å²) in [7, 11) is 0. The van der Waals surface area contributed by atoms with Crippen molar-refractivity contribution in [2.24, 2.45) is 0 Å². The fourth-order valence-electron chi connectivity index (χ4n) is 3.61. The highest BCUT2D eigenvalue weighted by Crippen LogP contribution is 2.42. The van der Waals surface area contributed by atoms with Crippen LogP contribution in [-0.4, -0.2) is 28.3 Å². The van der Waals surface area contributed by atoms with E-state index in [4.69, 9.17) is 9.47 Å². The highest BCUT2D eigenvalue weighted by Gasteiger charge is 2.33. The van der Waals surface area contributed by atoms with Gasteiger partial charge in [0, 0.05) is 21.3 Å². The Balaban J connectivity index is 2.29. The van der Waals surface area contributed by atoms with Crippen LogP contribution in [0.1, 0.15) is 55.8 Å². The van der Waals surface area contributed by atoms with Crippen molar-refractivity contribution in [3.63, 3.8) is 0 Å². The molecule has 0 spiro atoms. The lowest BCUT2D eigenvalue weighted by atomic mass is 9.91. The summed E-state index contributed by atoms with van der Waals surface area (Å²) >= 11 is 3.55. The number of fused-ring (bicyclic) bond motifs is 1. The van der Waals surface area contributed by atoms with Gasteiger partial charge in [-0.25, -0.2) is 9.18 Å². The molecule has 1 aliphatic rings. The minimum atomic E-state index is -1.25. The van der Waals surface area contributed by atoms with Gasteiger partial charge in [0.1, 0.15) is 0 Å². The van der Waals surface area contributed by atoms with Gasteiger partial charge in [-0.2, -0.15) is 0 Å². The number of carbonyl (C=O) groups is 1. The van der Waals surface area contributed by atoms with E-state index in [2.05, 4.69) is 20.9 Å². The molecule has 1 N–H and O–H groups in total. The van der Waals surface area contributed by atoms with Gasteiger partial charge in [-0.15, -0.1) is 0 Å². The van der Waals surface area contributed by atoms with Crippen molar-refractivity contribution in [1.29, 1.82) is 0 Å². The van der Waals surface area contributed by atoms with Gasteiger partial charge in [-0.1, -0.05) is 0 Å². The summed E-state index contributed by atoms with van der Waals surface area (Å²) in [4.78, 5) is 16.6. The Morgan fingerprint density at radius 2 is 2.00 bits per heavy atom. The Bertz CT molecular complexity index is 969. The molecule has 0 bridgehead atoms. The number of ether oxygens (including phenoxy) is 2. The van der Waals surface area contributed by atoms with E-state index in [0.717, 1.165) is 12.0 Å². The average molecular weight is 466 g/mol. The van der Waals surface area contributed by atoms with E-state index < -0.39 is 23.5 Å². The maximum absolute atomic E-state index is 14.8. The van der Waals surface area contributed by atoms with Crippen molar-refractivity contribution < 1.29 is 23.8 Å². The number of nitrogens with zero attached hydrogens (tertiary/aromatic N) is 1. The Kier molecular flexibility index (Phi) is 6.01. The van der Waals surface area contributed by atoms with E-state index in [1.807, 2.05) is 13.0 Å². The van der Waals surface area contributed by atoms with Crippen molar-refractivity contribution in [3.05, 3.63) is 44.9 Å². The molecule has 0 fully saturated rings. The summed E-state index contributed by atoms with van der Waals surface area (Å²) in [5, 5.41) is 9.93. The van der Waals surface area contributed by atoms with Crippen LogP contribution in [0.5, 0.6) is 5.75 Å². The third-order valence-electron chi connectivity index (χ3n) is 4.74. The second-order valence-corrected chi connectivity index (χ2v) is 9.03. The molecule has 1 aliphatic heterocycles. The van der Waals surface area contributed by atoms with Crippen LogP contribution in [0.4, 0.5) is 4.39 Å². The first kappa shape index (κ1) is 21.7. The van der Waals surface area contributed by atoms with Crippen LogP contribution in [0.25, 0.3) is 11.1 Å². The van der Waals surface area contributed by atoms with E-state index in [-0.39, 0.29) is 5.75 Å². The molecule has 0 saturated carbocycles. The van der Waals surface area contributed by atoms with E-state index in [9.17, 15) is 14.3 Å². The van der Waals surface area contributed by atoms with Crippen LogP contribution in [0.15, 0.2) is 16.6 Å². The van der Waals surface area contributed by atoms with Crippen LogP contribution in [0, 0.1) is 19.7 Å². The number of benzene rings is 1. The van der Waals surface area contributed by atoms with Gasteiger partial charge in [-0.3, -0.25) is 4.98 Å². The van der Waals surface area contributed by atoms with Crippen LogP contribution in [-0.2, 0) is 16.0 Å². The summed E-state index contributed by atoms with van der Waals surface area (Å²) in [6.45, 7) is 9.45. The zero-order valence-electron chi connectivity index (χ0n) is 17.2. The first-order chi connectivity index (χ1) is 13.5. The molecule has 0 unspecified atom stereocenters.